The number of halogens is 3. The lowest BCUT2D eigenvalue weighted by atomic mass is 10.2. The third kappa shape index (κ3) is 2.32. The van der Waals surface area contributed by atoms with E-state index in [1.54, 1.807) is 6.07 Å². The molecule has 1 aromatic carbocycles. The zero-order valence-corrected chi connectivity index (χ0v) is 10.6. The number of hydrogen-bond donors (Lipinski definition) is 0. The van der Waals surface area contributed by atoms with Crippen LogP contribution in [-0.4, -0.2) is 0 Å². The third-order valence-electron chi connectivity index (χ3n) is 1.35. The molecule has 0 unspecified atom stereocenters. The molecule has 0 aliphatic carbocycles. The average Bonchev–Trinajstić information content (AvgIpc) is 2.04. The molecule has 0 saturated heterocycles. The van der Waals surface area contributed by atoms with E-state index in [0.717, 1.165) is 10.0 Å². The maximum Gasteiger partial charge on any atom is 0.192 e. The highest BCUT2D eigenvalue weighted by atomic mass is 79.9. The predicted octanol–water partition coefficient (Wildman–Crippen LogP) is 4.79. The summed E-state index contributed by atoms with van der Waals surface area (Å²) in [5, 5.41) is 0. The topological polar surface area (TPSA) is 4.36 Å². The second kappa shape index (κ2) is 4.40. The molecular formula is C8H4Br3N. The minimum absolute atomic E-state index is 0.0339. The Labute approximate surface area is 96.4 Å². The first-order valence-corrected chi connectivity index (χ1v) is 5.72. The summed E-state index contributed by atoms with van der Waals surface area (Å²) < 4.78 is 1.01. The Bertz CT molecular complexity index is 328. The monoisotopic (exact) mass is 351 g/mol. The van der Waals surface area contributed by atoms with Crippen LogP contribution in [0.25, 0.3) is 4.85 Å². The lowest BCUT2D eigenvalue weighted by Crippen LogP contribution is -1.80. The Hall–Kier alpha value is 0.150. The van der Waals surface area contributed by atoms with Crippen LogP contribution in [0.15, 0.2) is 22.7 Å². The molecule has 0 fully saturated rings. The van der Waals surface area contributed by atoms with E-state index < -0.39 is 0 Å². The maximum atomic E-state index is 6.92. The van der Waals surface area contributed by atoms with Gasteiger partial charge in [0.1, 0.15) is 0 Å². The van der Waals surface area contributed by atoms with Crippen LogP contribution in [0.4, 0.5) is 5.69 Å². The molecule has 0 heterocycles. The second-order valence-corrected chi connectivity index (χ2v) is 6.09. The van der Waals surface area contributed by atoms with Gasteiger partial charge < -0.3 is 0 Å². The maximum absolute atomic E-state index is 6.92. The van der Waals surface area contributed by atoms with Gasteiger partial charge in [-0.25, -0.2) is 4.85 Å². The number of nitrogens with zero attached hydrogens (tertiary/aromatic N) is 1. The fraction of sp³-hybridized carbons (Fsp3) is 0.125. The number of benzene rings is 1. The molecule has 62 valence electrons. The van der Waals surface area contributed by atoms with Gasteiger partial charge >= 0.3 is 0 Å². The highest BCUT2D eigenvalue weighted by Gasteiger charge is 2.08. The molecule has 0 spiro atoms. The van der Waals surface area contributed by atoms with Crippen LogP contribution >= 0.6 is 47.8 Å². The van der Waals surface area contributed by atoms with Crippen LogP contribution in [0.3, 0.4) is 0 Å². The van der Waals surface area contributed by atoms with Gasteiger partial charge in [0.2, 0.25) is 0 Å². The van der Waals surface area contributed by atoms with Gasteiger partial charge in [0.05, 0.1) is 10.3 Å². The van der Waals surface area contributed by atoms with E-state index in [9.17, 15) is 0 Å². The Morgan fingerprint density at radius 3 is 2.50 bits per heavy atom. The summed E-state index contributed by atoms with van der Waals surface area (Å²) >= 11 is 10.1. The number of hydrogen-bond acceptors (Lipinski definition) is 0. The minimum atomic E-state index is 0.0339. The van der Waals surface area contributed by atoms with Crippen molar-refractivity contribution in [3.63, 3.8) is 0 Å². The normalized spacial score (nSPS) is 9.92. The second-order valence-electron chi connectivity index (χ2n) is 2.12. The first kappa shape index (κ1) is 10.2. The van der Waals surface area contributed by atoms with E-state index in [2.05, 4.69) is 52.6 Å². The SMILES string of the molecule is [C-]#[N+]c1ccc(Br)cc1C(Br)Br. The van der Waals surface area contributed by atoms with E-state index in [-0.39, 0.29) is 3.74 Å². The third-order valence-corrected chi connectivity index (χ3v) is 2.82. The molecule has 12 heavy (non-hydrogen) atoms. The molecule has 1 nitrogen and oxygen atoms in total. The predicted molar refractivity (Wildman–Crippen MR) is 61.0 cm³/mol. The van der Waals surface area contributed by atoms with E-state index in [1.807, 2.05) is 12.1 Å². The summed E-state index contributed by atoms with van der Waals surface area (Å²) in [6, 6.07) is 5.57. The zero-order chi connectivity index (χ0) is 9.14. The van der Waals surface area contributed by atoms with Gasteiger partial charge in [-0.15, -0.1) is 0 Å². The molecular weight excluding hydrogens is 350 g/mol. The van der Waals surface area contributed by atoms with Gasteiger partial charge in [-0.05, 0) is 5.56 Å². The van der Waals surface area contributed by atoms with E-state index >= 15 is 0 Å². The van der Waals surface area contributed by atoms with Crippen molar-refractivity contribution in [2.75, 3.05) is 0 Å². The van der Waals surface area contributed by atoms with Gasteiger partial charge in [-0.3, -0.25) is 0 Å². The molecule has 4 heteroatoms. The van der Waals surface area contributed by atoms with Gasteiger partial charge in [0.15, 0.2) is 5.69 Å². The smallest absolute Gasteiger partial charge is 0.192 e. The molecule has 0 N–H and O–H groups in total. The van der Waals surface area contributed by atoms with Crippen molar-refractivity contribution in [2.45, 2.75) is 3.74 Å². The number of alkyl halides is 2. The number of rotatable bonds is 1. The molecule has 1 aromatic rings. The van der Waals surface area contributed by atoms with Crippen LogP contribution in [0.1, 0.15) is 9.30 Å². The van der Waals surface area contributed by atoms with E-state index in [4.69, 9.17) is 6.57 Å². The van der Waals surface area contributed by atoms with Crippen molar-refractivity contribution in [1.29, 1.82) is 0 Å². The van der Waals surface area contributed by atoms with Crippen molar-refractivity contribution < 1.29 is 0 Å². The fourth-order valence-electron chi connectivity index (χ4n) is 0.802. The van der Waals surface area contributed by atoms with Crippen LogP contribution < -0.4 is 0 Å². The van der Waals surface area contributed by atoms with Crippen molar-refractivity contribution in [2.24, 2.45) is 0 Å². The van der Waals surface area contributed by atoms with Crippen LogP contribution in [0.2, 0.25) is 0 Å². The lowest BCUT2D eigenvalue weighted by molar-refractivity contribution is 1.42. The molecule has 0 aromatic heterocycles. The minimum Gasteiger partial charge on any atom is -0.238 e. The summed E-state index contributed by atoms with van der Waals surface area (Å²) in [7, 11) is 0. The fourth-order valence-corrected chi connectivity index (χ4v) is 1.91. The van der Waals surface area contributed by atoms with Crippen molar-refractivity contribution >= 4 is 53.5 Å². The van der Waals surface area contributed by atoms with E-state index in [1.165, 1.54) is 0 Å². The average molecular weight is 354 g/mol. The van der Waals surface area contributed by atoms with Gasteiger partial charge in [-0.1, -0.05) is 66.0 Å². The molecule has 0 atom stereocenters. The molecule has 0 amide bonds. The van der Waals surface area contributed by atoms with Crippen molar-refractivity contribution in [3.8, 4) is 0 Å². The molecule has 0 bridgehead atoms. The largest absolute Gasteiger partial charge is 0.238 e. The molecule has 0 aliphatic heterocycles. The van der Waals surface area contributed by atoms with Crippen molar-refractivity contribution in [3.05, 3.63) is 39.7 Å². The first-order chi connectivity index (χ1) is 5.65. The van der Waals surface area contributed by atoms with Gasteiger partial charge in [0, 0.05) is 4.47 Å². The van der Waals surface area contributed by atoms with Crippen molar-refractivity contribution in [1.82, 2.24) is 0 Å². The quantitative estimate of drug-likeness (QED) is 0.505. The Morgan fingerprint density at radius 1 is 1.33 bits per heavy atom. The molecule has 0 radical (unpaired) electrons. The first-order valence-electron chi connectivity index (χ1n) is 3.10. The van der Waals surface area contributed by atoms with Gasteiger partial charge in [0.25, 0.3) is 0 Å². The summed E-state index contributed by atoms with van der Waals surface area (Å²) in [4.78, 5) is 3.40. The Balaban J connectivity index is 3.24. The molecule has 0 aliphatic rings. The van der Waals surface area contributed by atoms with E-state index in [0.29, 0.717) is 5.69 Å². The lowest BCUT2D eigenvalue weighted by Gasteiger charge is -2.04. The summed E-state index contributed by atoms with van der Waals surface area (Å²) in [6.07, 6.45) is 0. The molecule has 1 rings (SSSR count). The summed E-state index contributed by atoms with van der Waals surface area (Å²) in [5.74, 6) is 0. The van der Waals surface area contributed by atoms with Gasteiger partial charge in [-0.2, -0.15) is 0 Å². The summed E-state index contributed by atoms with van der Waals surface area (Å²) in [6.45, 7) is 6.92. The highest BCUT2D eigenvalue weighted by Crippen LogP contribution is 2.37. The highest BCUT2D eigenvalue weighted by molar-refractivity contribution is 9.24. The van der Waals surface area contributed by atoms with Crippen LogP contribution in [0, 0.1) is 6.57 Å². The molecule has 0 saturated carbocycles. The van der Waals surface area contributed by atoms with Crippen LogP contribution in [-0.2, 0) is 0 Å². The standard InChI is InChI=1S/C8H4Br3N/c1-12-7-3-2-5(9)4-6(7)8(10)11/h2-4,8H. The Kier molecular flexibility index (Phi) is 3.76. The van der Waals surface area contributed by atoms with Crippen LogP contribution in [0.5, 0.6) is 0 Å². The summed E-state index contributed by atoms with van der Waals surface area (Å²) in [5.41, 5.74) is 1.61. The zero-order valence-electron chi connectivity index (χ0n) is 5.89. The Morgan fingerprint density at radius 2 is 2.00 bits per heavy atom.